The molecule has 0 aliphatic carbocycles. The van der Waals surface area contributed by atoms with Crippen LogP contribution >= 0.6 is 8.25 Å². The molecule has 496 valence electrons. The molecule has 18 heteroatoms. The van der Waals surface area contributed by atoms with Crippen LogP contribution in [0.25, 0.3) is 0 Å². The summed E-state index contributed by atoms with van der Waals surface area (Å²) in [6, 6.07) is 37.1. The molecule has 0 N–H and O–H groups in total. The predicted octanol–water partition coefficient (Wildman–Crippen LogP) is 17.4. The molecule has 0 aliphatic heterocycles. The molecule has 0 amide bonds. The summed E-state index contributed by atoms with van der Waals surface area (Å²) in [4.78, 5) is 23.0. The molecule has 0 unspecified atom stereocenters. The third-order valence-corrected chi connectivity index (χ3v) is 17.1. The molecule has 6 rings (SSSR count). The fourth-order valence-electron chi connectivity index (χ4n) is 8.57. The molecule has 0 saturated heterocycles. The standard InChI is InChI=1S/2C36H51O6S.HO3P/c2*1-7-18-37-28-24-31(39-20-9-3)35(32(25-28)40-21-10-4)43(30-16-14-13-15-17-30)36-33(41-22-11-5)26-29(38-19-8-2)27-34(36)42-23-12-6;1-4(2)3/h2*13-17,24-27H,7-12,18-23H2,1-6H3;(H,1,2,3)/q2*+1;/p-1. The minimum Gasteiger partial charge on any atom is -0.598 e. The van der Waals surface area contributed by atoms with E-state index >= 15 is 0 Å². The van der Waals surface area contributed by atoms with E-state index in [-0.39, 0.29) is 0 Å². The van der Waals surface area contributed by atoms with Crippen LogP contribution in [-0.4, -0.2) is 79.3 Å². The number of rotatable bonds is 42. The van der Waals surface area contributed by atoms with E-state index in [9.17, 15) is 0 Å². The molecule has 6 aromatic carbocycles. The molecule has 0 aromatic heterocycles. The lowest BCUT2D eigenvalue weighted by Crippen LogP contribution is -2.15. The van der Waals surface area contributed by atoms with Crippen molar-refractivity contribution in [1.29, 1.82) is 0 Å². The molecule has 15 nitrogen and oxygen atoms in total. The summed E-state index contributed by atoms with van der Waals surface area (Å²) < 4.78 is 85.1. The zero-order chi connectivity index (χ0) is 65.3. The Morgan fingerprint density at radius 3 is 0.556 bits per heavy atom. The Morgan fingerprint density at radius 1 is 0.267 bits per heavy atom. The summed E-state index contributed by atoms with van der Waals surface area (Å²) in [5, 5.41) is 0. The largest absolute Gasteiger partial charge is 0.598 e. The van der Waals surface area contributed by atoms with E-state index < -0.39 is 30.0 Å². The van der Waals surface area contributed by atoms with Gasteiger partial charge in [0.1, 0.15) is 44.8 Å². The van der Waals surface area contributed by atoms with Crippen LogP contribution in [0.2, 0.25) is 0 Å². The maximum Gasteiger partial charge on any atom is 0.276 e. The van der Waals surface area contributed by atoms with Crippen molar-refractivity contribution in [1.82, 2.24) is 0 Å². The molecule has 0 bridgehead atoms. The Kier molecular flexibility index (Phi) is 38.0. The first-order chi connectivity index (χ1) is 43.9. The van der Waals surface area contributed by atoms with Gasteiger partial charge in [0.05, 0.1) is 79.3 Å². The molecule has 0 radical (unpaired) electrons. The maximum atomic E-state index is 8.48. The highest BCUT2D eigenvalue weighted by Crippen LogP contribution is 2.53. The van der Waals surface area contributed by atoms with Crippen LogP contribution in [0.5, 0.6) is 69.0 Å². The number of hydrogen-bond donors (Lipinski definition) is 0. The number of hydrogen-bond acceptors (Lipinski definition) is 15. The first-order valence-corrected chi connectivity index (χ1v) is 36.2. The average Bonchev–Trinajstić information content (AvgIpc) is 1.07. The molecular formula is C72H102O15PS2+. The zero-order valence-corrected chi connectivity index (χ0v) is 58.3. The van der Waals surface area contributed by atoms with Crippen LogP contribution in [0, 0.1) is 0 Å². The van der Waals surface area contributed by atoms with Gasteiger partial charge in [0.2, 0.25) is 0 Å². The van der Waals surface area contributed by atoms with Crippen LogP contribution in [0.3, 0.4) is 0 Å². The molecule has 0 saturated carbocycles. The summed E-state index contributed by atoms with van der Waals surface area (Å²) in [5.41, 5.74) is 0. The first-order valence-electron chi connectivity index (χ1n) is 32.6. The van der Waals surface area contributed by atoms with Crippen molar-refractivity contribution in [2.45, 2.75) is 190 Å². The van der Waals surface area contributed by atoms with E-state index in [1.807, 2.05) is 60.7 Å². The maximum absolute atomic E-state index is 8.48. The van der Waals surface area contributed by atoms with Gasteiger partial charge in [-0.25, -0.2) is 0 Å². The van der Waals surface area contributed by atoms with Gasteiger partial charge < -0.3 is 66.6 Å². The van der Waals surface area contributed by atoms with Crippen LogP contribution in [0.4, 0.5) is 0 Å². The highest BCUT2D eigenvalue weighted by atomic mass is 32.2. The smallest absolute Gasteiger partial charge is 0.276 e. The average molecular weight is 1300 g/mol. The van der Waals surface area contributed by atoms with E-state index in [0.717, 1.165) is 175 Å². The normalized spacial score (nSPS) is 10.8. The Morgan fingerprint density at radius 2 is 0.411 bits per heavy atom. The van der Waals surface area contributed by atoms with E-state index in [4.69, 9.17) is 71.2 Å². The summed E-state index contributed by atoms with van der Waals surface area (Å²) in [7, 11) is -4.80. The van der Waals surface area contributed by atoms with Crippen molar-refractivity contribution in [2.75, 3.05) is 79.3 Å². The van der Waals surface area contributed by atoms with Gasteiger partial charge in [0.15, 0.2) is 55.8 Å². The second-order valence-electron chi connectivity index (χ2n) is 20.6. The van der Waals surface area contributed by atoms with Crippen LogP contribution in [0.1, 0.15) is 160 Å². The molecule has 6 aromatic rings. The molecule has 0 spiro atoms. The van der Waals surface area contributed by atoms with Gasteiger partial charge in [-0.15, -0.1) is 0 Å². The van der Waals surface area contributed by atoms with E-state index in [1.54, 1.807) is 0 Å². The van der Waals surface area contributed by atoms with Crippen LogP contribution in [-0.2, 0) is 26.4 Å². The third-order valence-electron chi connectivity index (χ3n) is 12.3. The van der Waals surface area contributed by atoms with Gasteiger partial charge in [-0.05, 0) is 101 Å². The van der Waals surface area contributed by atoms with Crippen molar-refractivity contribution < 1.29 is 71.2 Å². The van der Waals surface area contributed by atoms with E-state index in [1.165, 1.54) is 0 Å². The quantitative estimate of drug-likeness (QED) is 0.0261. The first kappa shape index (κ1) is 76.1. The van der Waals surface area contributed by atoms with Gasteiger partial charge in [-0.3, -0.25) is 0 Å². The fraction of sp³-hybridized carbons (Fsp3) is 0.500. The van der Waals surface area contributed by atoms with Crippen molar-refractivity contribution in [3.63, 3.8) is 0 Å². The SMILES string of the molecule is CCCOc1cc(OCCC)c([S+](c2ccccc2)c2c(OCCC)cc(OCCC)cc2OCCC)c(OCCC)c1.CCCOc1cc(OCCC)c([S+](c2ccccc2)c2c(OCCC)cc(OCCC)cc2OCCC)c(OCCC)c1.O=[P+]([O-])[O-]. The Hall–Kier alpha value is -6.36. The van der Waals surface area contributed by atoms with Gasteiger partial charge in [0.25, 0.3) is 27.8 Å². The Labute approximate surface area is 545 Å². The van der Waals surface area contributed by atoms with Crippen LogP contribution in [0.15, 0.2) is 139 Å². The second kappa shape index (κ2) is 45.0. The zero-order valence-electron chi connectivity index (χ0n) is 55.8. The summed E-state index contributed by atoms with van der Waals surface area (Å²) in [6.07, 6.45) is 10.7. The second-order valence-corrected chi connectivity index (χ2v) is 24.9. The lowest BCUT2D eigenvalue weighted by atomic mass is 10.3. The van der Waals surface area contributed by atoms with E-state index in [0.29, 0.717) is 79.3 Å². The molecule has 0 fully saturated rings. The monoisotopic (exact) mass is 1300 g/mol. The molecule has 0 aliphatic rings. The molecule has 90 heavy (non-hydrogen) atoms. The van der Waals surface area contributed by atoms with Gasteiger partial charge in [0, 0.05) is 48.5 Å². The van der Waals surface area contributed by atoms with Gasteiger partial charge in [-0.2, -0.15) is 0 Å². The summed E-state index contributed by atoms with van der Waals surface area (Å²) in [5.74, 6) is 8.99. The lowest BCUT2D eigenvalue weighted by Gasteiger charge is -2.21. The highest BCUT2D eigenvalue weighted by Gasteiger charge is 2.44. The molecule has 0 atom stereocenters. The Balaban J connectivity index is 0.000000363. The van der Waals surface area contributed by atoms with E-state index in [2.05, 4.69) is 132 Å². The highest BCUT2D eigenvalue weighted by molar-refractivity contribution is 7.97. The summed E-state index contributed by atoms with van der Waals surface area (Å²) >= 11 is 0. The fourth-order valence-corrected chi connectivity index (χ4v) is 13.3. The van der Waals surface area contributed by atoms with Crippen molar-refractivity contribution >= 4 is 30.0 Å². The van der Waals surface area contributed by atoms with Crippen molar-refractivity contribution in [3.8, 4) is 69.0 Å². The number of benzene rings is 6. The summed E-state index contributed by atoms with van der Waals surface area (Å²) in [6.45, 7) is 32.4. The molecule has 0 heterocycles. The third kappa shape index (κ3) is 25.0. The minimum atomic E-state index is -3.37. The van der Waals surface area contributed by atoms with Crippen LogP contribution < -0.4 is 66.6 Å². The van der Waals surface area contributed by atoms with Crippen molar-refractivity contribution in [3.05, 3.63) is 109 Å². The number of ether oxygens (including phenoxy) is 12. The van der Waals surface area contributed by atoms with Gasteiger partial charge in [-0.1, -0.05) is 124 Å². The minimum absolute atomic E-state index is 0.575. The topological polar surface area (TPSA) is 174 Å². The predicted molar refractivity (Wildman–Crippen MR) is 360 cm³/mol. The van der Waals surface area contributed by atoms with Crippen molar-refractivity contribution in [2.24, 2.45) is 0 Å². The Bertz CT molecular complexity index is 2470. The molecular weight excluding hydrogens is 1200 g/mol. The lowest BCUT2D eigenvalue weighted by molar-refractivity contribution is -0.297. The van der Waals surface area contributed by atoms with Gasteiger partial charge >= 0.3 is 0 Å².